The van der Waals surface area contributed by atoms with Crippen molar-refractivity contribution in [3.8, 4) is 11.1 Å². The molecular weight excluding hydrogens is 521 g/mol. The molecule has 5 aromatic carbocycles. The molecule has 0 aliphatic heterocycles. The molecule has 0 fully saturated rings. The monoisotopic (exact) mass is 559 g/mol. The Morgan fingerprint density at radius 2 is 1.26 bits per heavy atom. The summed E-state index contributed by atoms with van der Waals surface area (Å²) < 4.78 is 13.4. The maximum atomic E-state index is 13.4. The third kappa shape index (κ3) is 8.35. The van der Waals surface area contributed by atoms with E-state index in [0.717, 1.165) is 35.2 Å². The fraction of sp³-hybridized carbons (Fsp3) is 0.216. The number of likely N-dealkylation sites (N-methyl/N-ethyl adjacent to an activating group) is 1. The van der Waals surface area contributed by atoms with E-state index in [1.807, 2.05) is 61.6 Å². The van der Waals surface area contributed by atoms with Crippen LogP contribution in [-0.4, -0.2) is 38.1 Å². The van der Waals surface area contributed by atoms with Crippen molar-refractivity contribution in [2.24, 2.45) is 0 Å². The highest BCUT2D eigenvalue weighted by atomic mass is 19.1. The molecule has 0 spiro atoms. The lowest BCUT2D eigenvalue weighted by atomic mass is 10.00. The summed E-state index contributed by atoms with van der Waals surface area (Å²) in [5, 5.41) is 12.6. The molecule has 5 rings (SSSR count). The van der Waals surface area contributed by atoms with Gasteiger partial charge in [0.25, 0.3) is 0 Å². The second kappa shape index (κ2) is 14.5. The molecule has 5 aromatic rings. The Kier molecular flexibility index (Phi) is 10.1. The predicted molar refractivity (Wildman–Crippen MR) is 171 cm³/mol. The quantitative estimate of drug-likeness (QED) is 0.158. The SMILES string of the molecule is CNC[C@H](Cc1ccc(F)cc1)NC[C@H](Cc1ccc2ccccc2c1)NC(=O)Cc1ccc(-c2ccccc2)cc1. The van der Waals surface area contributed by atoms with E-state index < -0.39 is 0 Å². The van der Waals surface area contributed by atoms with Gasteiger partial charge in [0.15, 0.2) is 0 Å². The molecule has 0 saturated heterocycles. The largest absolute Gasteiger partial charge is 0.351 e. The molecule has 0 radical (unpaired) electrons. The maximum Gasteiger partial charge on any atom is 0.224 e. The second-order valence-corrected chi connectivity index (χ2v) is 10.9. The molecule has 2 atom stereocenters. The van der Waals surface area contributed by atoms with Crippen LogP contribution in [0.1, 0.15) is 16.7 Å². The minimum atomic E-state index is -0.232. The van der Waals surface area contributed by atoms with Gasteiger partial charge in [-0.25, -0.2) is 4.39 Å². The topological polar surface area (TPSA) is 53.2 Å². The molecule has 0 aromatic heterocycles. The minimum absolute atomic E-state index is 0.00116. The molecule has 0 saturated carbocycles. The van der Waals surface area contributed by atoms with Crippen molar-refractivity contribution in [3.63, 3.8) is 0 Å². The summed E-state index contributed by atoms with van der Waals surface area (Å²) in [6.45, 7) is 1.36. The molecule has 4 nitrogen and oxygen atoms in total. The van der Waals surface area contributed by atoms with Crippen molar-refractivity contribution in [2.75, 3.05) is 20.1 Å². The van der Waals surface area contributed by atoms with Gasteiger partial charge in [-0.1, -0.05) is 109 Å². The average molecular weight is 560 g/mol. The van der Waals surface area contributed by atoms with Crippen molar-refractivity contribution in [2.45, 2.75) is 31.3 Å². The highest BCUT2D eigenvalue weighted by molar-refractivity contribution is 5.83. The first-order chi connectivity index (χ1) is 20.6. The van der Waals surface area contributed by atoms with Crippen LogP contribution in [0, 0.1) is 5.82 Å². The molecule has 0 bridgehead atoms. The number of fused-ring (bicyclic) bond motifs is 1. The zero-order valence-corrected chi connectivity index (χ0v) is 24.0. The number of carbonyl (C=O) groups is 1. The Labute approximate surface area is 248 Å². The van der Waals surface area contributed by atoms with Crippen LogP contribution < -0.4 is 16.0 Å². The summed E-state index contributed by atoms with van der Waals surface area (Å²) in [6.07, 6.45) is 1.78. The lowest BCUT2D eigenvalue weighted by molar-refractivity contribution is -0.121. The van der Waals surface area contributed by atoms with E-state index in [1.165, 1.54) is 28.5 Å². The van der Waals surface area contributed by atoms with E-state index in [-0.39, 0.29) is 23.8 Å². The Morgan fingerprint density at radius 1 is 0.643 bits per heavy atom. The molecule has 42 heavy (non-hydrogen) atoms. The lowest BCUT2D eigenvalue weighted by Crippen LogP contribution is -2.49. The Bertz CT molecular complexity index is 1570. The molecular formula is C37H38FN3O. The van der Waals surface area contributed by atoms with Gasteiger partial charge >= 0.3 is 0 Å². The van der Waals surface area contributed by atoms with Crippen LogP contribution in [0.25, 0.3) is 21.9 Å². The second-order valence-electron chi connectivity index (χ2n) is 10.9. The average Bonchev–Trinajstić information content (AvgIpc) is 3.01. The molecule has 0 aliphatic rings. The van der Waals surface area contributed by atoms with E-state index in [2.05, 4.69) is 70.5 Å². The summed E-state index contributed by atoms with van der Waals surface area (Å²) in [5.41, 5.74) is 5.52. The zero-order chi connectivity index (χ0) is 29.1. The van der Waals surface area contributed by atoms with Crippen LogP contribution in [0.2, 0.25) is 0 Å². The number of amides is 1. The van der Waals surface area contributed by atoms with E-state index in [4.69, 9.17) is 0 Å². The summed E-state index contributed by atoms with van der Waals surface area (Å²) >= 11 is 0. The van der Waals surface area contributed by atoms with Crippen LogP contribution in [0.15, 0.2) is 121 Å². The van der Waals surface area contributed by atoms with Gasteiger partial charge in [-0.05, 0) is 70.6 Å². The first-order valence-electron chi connectivity index (χ1n) is 14.6. The van der Waals surface area contributed by atoms with E-state index >= 15 is 0 Å². The number of carbonyl (C=O) groups excluding carboxylic acids is 1. The fourth-order valence-corrected chi connectivity index (χ4v) is 5.41. The molecule has 0 unspecified atom stereocenters. The van der Waals surface area contributed by atoms with Gasteiger partial charge < -0.3 is 16.0 Å². The number of hydrogen-bond donors (Lipinski definition) is 3. The number of benzene rings is 5. The first kappa shape index (κ1) is 29.2. The maximum absolute atomic E-state index is 13.4. The highest BCUT2D eigenvalue weighted by Crippen LogP contribution is 2.20. The molecule has 3 N–H and O–H groups in total. The molecule has 5 heteroatoms. The Hall–Kier alpha value is -4.32. The number of rotatable bonds is 13. The van der Waals surface area contributed by atoms with Crippen LogP contribution >= 0.6 is 0 Å². The van der Waals surface area contributed by atoms with Gasteiger partial charge in [0.05, 0.1) is 6.42 Å². The molecule has 1 amide bonds. The Morgan fingerprint density at radius 3 is 2.00 bits per heavy atom. The van der Waals surface area contributed by atoms with Gasteiger partial charge in [-0.3, -0.25) is 4.79 Å². The minimum Gasteiger partial charge on any atom is -0.351 e. The summed E-state index contributed by atoms with van der Waals surface area (Å²) in [5.74, 6) is -0.233. The van der Waals surface area contributed by atoms with Crippen molar-refractivity contribution in [3.05, 3.63) is 144 Å². The third-order valence-corrected chi connectivity index (χ3v) is 7.59. The van der Waals surface area contributed by atoms with Crippen molar-refractivity contribution in [1.82, 2.24) is 16.0 Å². The van der Waals surface area contributed by atoms with Gasteiger partial charge in [-0.15, -0.1) is 0 Å². The molecule has 0 aliphatic carbocycles. The lowest BCUT2D eigenvalue weighted by Gasteiger charge is -2.25. The fourth-order valence-electron chi connectivity index (χ4n) is 5.41. The summed E-state index contributed by atoms with van der Waals surface area (Å²) in [7, 11) is 1.93. The van der Waals surface area contributed by atoms with Crippen LogP contribution in [0.5, 0.6) is 0 Å². The number of halogens is 1. The van der Waals surface area contributed by atoms with Crippen LogP contribution in [-0.2, 0) is 24.1 Å². The van der Waals surface area contributed by atoms with E-state index in [1.54, 1.807) is 0 Å². The zero-order valence-electron chi connectivity index (χ0n) is 24.0. The smallest absolute Gasteiger partial charge is 0.224 e. The highest BCUT2D eigenvalue weighted by Gasteiger charge is 2.17. The van der Waals surface area contributed by atoms with Crippen LogP contribution in [0.3, 0.4) is 0 Å². The summed E-state index contributed by atoms with van der Waals surface area (Å²) in [4.78, 5) is 13.3. The number of hydrogen-bond acceptors (Lipinski definition) is 3. The predicted octanol–water partition coefficient (Wildman–Crippen LogP) is 6.34. The third-order valence-electron chi connectivity index (χ3n) is 7.59. The summed E-state index contributed by atoms with van der Waals surface area (Å²) in [6, 6.07) is 40.0. The Balaban J connectivity index is 1.27. The van der Waals surface area contributed by atoms with E-state index in [0.29, 0.717) is 19.4 Å². The van der Waals surface area contributed by atoms with Crippen molar-refractivity contribution >= 4 is 16.7 Å². The normalized spacial score (nSPS) is 12.6. The van der Waals surface area contributed by atoms with E-state index in [9.17, 15) is 9.18 Å². The number of nitrogens with one attached hydrogen (secondary N) is 3. The van der Waals surface area contributed by atoms with Crippen molar-refractivity contribution in [1.29, 1.82) is 0 Å². The van der Waals surface area contributed by atoms with Crippen LogP contribution in [0.4, 0.5) is 4.39 Å². The van der Waals surface area contributed by atoms with Gasteiger partial charge in [-0.2, -0.15) is 0 Å². The molecule has 0 heterocycles. The first-order valence-corrected chi connectivity index (χ1v) is 14.6. The van der Waals surface area contributed by atoms with Crippen molar-refractivity contribution < 1.29 is 9.18 Å². The van der Waals surface area contributed by atoms with Gasteiger partial charge in [0.1, 0.15) is 5.82 Å². The molecule has 214 valence electrons. The van der Waals surface area contributed by atoms with Gasteiger partial charge in [0.2, 0.25) is 5.91 Å². The standard InChI is InChI=1S/C37H38FN3O/c1-39-25-35(22-27-14-19-34(38)20-15-27)40-26-36(23-29-13-18-31-9-5-6-10-33(31)21-29)41-37(42)24-28-11-16-32(17-12-28)30-7-3-2-4-8-30/h2-21,35-36,39-40H,22-26H2,1H3,(H,41,42)/t35-,36-/m0/s1. The van der Waals surface area contributed by atoms with Gasteiger partial charge in [0, 0.05) is 25.2 Å².